The van der Waals surface area contributed by atoms with Gasteiger partial charge in [0.1, 0.15) is 0 Å². The summed E-state index contributed by atoms with van der Waals surface area (Å²) in [5.74, 6) is 0.0360. The first-order valence-corrected chi connectivity index (χ1v) is 6.27. The molecule has 0 radical (unpaired) electrons. The molecule has 0 aliphatic carbocycles. The minimum absolute atomic E-state index is 0.0360. The molecule has 1 saturated heterocycles. The molecule has 1 aromatic carbocycles. The zero-order chi connectivity index (χ0) is 12.3. The van der Waals surface area contributed by atoms with Crippen LogP contribution in [0.3, 0.4) is 0 Å². The van der Waals surface area contributed by atoms with Gasteiger partial charge in [-0.05, 0) is 37.1 Å². The highest BCUT2D eigenvalue weighted by Crippen LogP contribution is 2.15. The maximum absolute atomic E-state index is 12.1. The van der Waals surface area contributed by atoms with Crippen molar-refractivity contribution in [1.29, 1.82) is 0 Å². The van der Waals surface area contributed by atoms with Crippen molar-refractivity contribution < 1.29 is 9.53 Å². The lowest BCUT2D eigenvalue weighted by Crippen LogP contribution is -2.34. The molecule has 0 bridgehead atoms. The Bertz CT molecular complexity index is 385. The molecule has 1 aliphatic heterocycles. The molecule has 1 aliphatic rings. The highest BCUT2D eigenvalue weighted by atomic mass is 32.1. The number of carbonyl (C=O) groups is 1. The van der Waals surface area contributed by atoms with Crippen molar-refractivity contribution in [3.05, 3.63) is 29.8 Å². The van der Waals surface area contributed by atoms with Gasteiger partial charge in [-0.25, -0.2) is 0 Å². The van der Waals surface area contributed by atoms with Crippen LogP contribution in [-0.2, 0) is 4.74 Å². The van der Waals surface area contributed by atoms with Crippen LogP contribution in [0.15, 0.2) is 29.2 Å². The highest BCUT2D eigenvalue weighted by molar-refractivity contribution is 7.80. The van der Waals surface area contributed by atoms with Gasteiger partial charge in [-0.1, -0.05) is 0 Å². The van der Waals surface area contributed by atoms with Gasteiger partial charge in [0.2, 0.25) is 0 Å². The fourth-order valence-electron chi connectivity index (χ4n) is 2.00. The van der Waals surface area contributed by atoms with Crippen LogP contribution in [-0.4, -0.2) is 37.1 Å². The molecule has 92 valence electrons. The normalized spacial score (nSPS) is 19.3. The largest absolute Gasteiger partial charge is 0.376 e. The Kier molecular flexibility index (Phi) is 4.07. The van der Waals surface area contributed by atoms with E-state index < -0.39 is 0 Å². The van der Waals surface area contributed by atoms with Crippen molar-refractivity contribution in [2.24, 2.45) is 0 Å². The summed E-state index contributed by atoms with van der Waals surface area (Å²) >= 11 is 4.20. The molecule has 3 nitrogen and oxygen atoms in total. The molecule has 0 aromatic heterocycles. The molecule has 17 heavy (non-hydrogen) atoms. The van der Waals surface area contributed by atoms with Gasteiger partial charge in [0.15, 0.2) is 0 Å². The number of amides is 1. The summed E-state index contributed by atoms with van der Waals surface area (Å²) in [6.45, 7) is 1.49. The average Bonchev–Trinajstić information content (AvgIpc) is 2.82. The number of carbonyl (C=O) groups excluding carboxylic acids is 1. The first kappa shape index (κ1) is 12.5. The smallest absolute Gasteiger partial charge is 0.253 e. The second kappa shape index (κ2) is 5.56. The summed E-state index contributed by atoms with van der Waals surface area (Å²) in [6.07, 6.45) is 2.35. The maximum atomic E-state index is 12.1. The van der Waals surface area contributed by atoms with Crippen LogP contribution >= 0.6 is 12.6 Å². The van der Waals surface area contributed by atoms with Gasteiger partial charge in [-0.15, -0.1) is 12.6 Å². The SMILES string of the molecule is CN(CC1CCCO1)C(=O)c1ccc(S)cc1. The number of nitrogens with zero attached hydrogens (tertiary/aromatic N) is 1. The van der Waals surface area contributed by atoms with Crippen molar-refractivity contribution >= 4 is 18.5 Å². The van der Waals surface area contributed by atoms with Gasteiger partial charge < -0.3 is 9.64 Å². The lowest BCUT2D eigenvalue weighted by molar-refractivity contribution is 0.0587. The molecule has 1 heterocycles. The molecular weight excluding hydrogens is 234 g/mol. The van der Waals surface area contributed by atoms with Crippen LogP contribution in [0.4, 0.5) is 0 Å². The molecular formula is C13H17NO2S. The minimum atomic E-state index is 0.0360. The Morgan fingerprint density at radius 3 is 2.76 bits per heavy atom. The number of hydrogen-bond acceptors (Lipinski definition) is 3. The standard InChI is InChI=1S/C13H17NO2S/c1-14(9-11-3-2-8-16-11)13(15)10-4-6-12(17)7-5-10/h4-7,11,17H,2-3,8-9H2,1H3. The molecule has 1 aromatic rings. The predicted octanol–water partition coefficient (Wildman–Crippen LogP) is 2.23. The number of rotatable bonds is 3. The molecule has 0 saturated carbocycles. The second-order valence-corrected chi connectivity index (χ2v) is 4.88. The molecule has 4 heteroatoms. The van der Waals surface area contributed by atoms with Gasteiger partial charge in [0, 0.05) is 30.7 Å². The van der Waals surface area contributed by atoms with Crippen molar-refractivity contribution in [1.82, 2.24) is 4.90 Å². The Morgan fingerprint density at radius 1 is 1.47 bits per heavy atom. The Morgan fingerprint density at radius 2 is 2.18 bits per heavy atom. The van der Waals surface area contributed by atoms with Crippen molar-refractivity contribution in [2.75, 3.05) is 20.2 Å². The number of hydrogen-bond donors (Lipinski definition) is 1. The van der Waals surface area contributed by atoms with Crippen LogP contribution in [0.25, 0.3) is 0 Å². The fraction of sp³-hybridized carbons (Fsp3) is 0.462. The Labute approximate surface area is 107 Å². The molecule has 1 unspecified atom stereocenters. The Hall–Kier alpha value is -1.00. The molecule has 2 rings (SSSR count). The van der Waals surface area contributed by atoms with Gasteiger partial charge in [-0.3, -0.25) is 4.79 Å². The van der Waals surface area contributed by atoms with E-state index in [2.05, 4.69) is 12.6 Å². The van der Waals surface area contributed by atoms with Crippen LogP contribution in [0.5, 0.6) is 0 Å². The van der Waals surface area contributed by atoms with Crippen molar-refractivity contribution in [2.45, 2.75) is 23.8 Å². The second-order valence-electron chi connectivity index (χ2n) is 4.37. The van der Waals surface area contributed by atoms with E-state index in [0.717, 1.165) is 24.3 Å². The van der Waals surface area contributed by atoms with E-state index in [1.165, 1.54) is 0 Å². The topological polar surface area (TPSA) is 29.5 Å². The molecule has 1 fully saturated rings. The van der Waals surface area contributed by atoms with Crippen LogP contribution in [0, 0.1) is 0 Å². The molecule has 1 atom stereocenters. The number of thiol groups is 1. The molecule has 0 N–H and O–H groups in total. The van der Waals surface area contributed by atoms with Crippen LogP contribution in [0.1, 0.15) is 23.2 Å². The van der Waals surface area contributed by atoms with Gasteiger partial charge in [0.25, 0.3) is 5.91 Å². The van der Waals surface area contributed by atoms with Gasteiger partial charge in [0.05, 0.1) is 6.10 Å². The van der Waals surface area contributed by atoms with Crippen molar-refractivity contribution in [3.8, 4) is 0 Å². The summed E-state index contributed by atoms with van der Waals surface area (Å²) in [7, 11) is 1.82. The first-order valence-electron chi connectivity index (χ1n) is 5.83. The van der Waals surface area contributed by atoms with Gasteiger partial charge >= 0.3 is 0 Å². The summed E-state index contributed by atoms with van der Waals surface area (Å²) in [5.41, 5.74) is 0.697. The van der Waals surface area contributed by atoms with E-state index in [1.54, 1.807) is 17.0 Å². The van der Waals surface area contributed by atoms with E-state index >= 15 is 0 Å². The molecule has 1 amide bonds. The first-order chi connectivity index (χ1) is 8.16. The fourth-order valence-corrected chi connectivity index (χ4v) is 2.15. The zero-order valence-corrected chi connectivity index (χ0v) is 10.8. The van der Waals surface area contributed by atoms with Crippen LogP contribution in [0.2, 0.25) is 0 Å². The minimum Gasteiger partial charge on any atom is -0.376 e. The van der Waals surface area contributed by atoms with E-state index in [1.807, 2.05) is 19.2 Å². The molecule has 0 spiro atoms. The number of likely N-dealkylation sites (N-methyl/N-ethyl adjacent to an activating group) is 1. The van der Waals surface area contributed by atoms with Gasteiger partial charge in [-0.2, -0.15) is 0 Å². The zero-order valence-electron chi connectivity index (χ0n) is 9.93. The number of ether oxygens (including phenoxy) is 1. The quantitative estimate of drug-likeness (QED) is 0.835. The summed E-state index contributed by atoms with van der Waals surface area (Å²) in [4.78, 5) is 14.7. The van der Waals surface area contributed by atoms with E-state index in [0.29, 0.717) is 12.1 Å². The highest BCUT2D eigenvalue weighted by Gasteiger charge is 2.20. The third kappa shape index (κ3) is 3.23. The third-order valence-corrected chi connectivity index (χ3v) is 3.26. The van der Waals surface area contributed by atoms with E-state index in [9.17, 15) is 4.79 Å². The monoisotopic (exact) mass is 251 g/mol. The summed E-state index contributed by atoms with van der Waals surface area (Å²) < 4.78 is 5.52. The third-order valence-electron chi connectivity index (χ3n) is 2.96. The van der Waals surface area contributed by atoms with E-state index in [4.69, 9.17) is 4.74 Å². The number of benzene rings is 1. The van der Waals surface area contributed by atoms with Crippen LogP contribution < -0.4 is 0 Å². The van der Waals surface area contributed by atoms with Crippen molar-refractivity contribution in [3.63, 3.8) is 0 Å². The predicted molar refractivity (Wildman–Crippen MR) is 69.6 cm³/mol. The Balaban J connectivity index is 1.96. The lowest BCUT2D eigenvalue weighted by Gasteiger charge is -2.20. The average molecular weight is 251 g/mol. The summed E-state index contributed by atoms with van der Waals surface area (Å²) in [5, 5.41) is 0. The lowest BCUT2D eigenvalue weighted by atomic mass is 10.2. The van der Waals surface area contributed by atoms with E-state index in [-0.39, 0.29) is 12.0 Å². The maximum Gasteiger partial charge on any atom is 0.253 e. The summed E-state index contributed by atoms with van der Waals surface area (Å²) in [6, 6.07) is 7.26.